The van der Waals surface area contributed by atoms with Gasteiger partial charge in [-0.2, -0.15) is 4.98 Å². The van der Waals surface area contributed by atoms with Gasteiger partial charge in [0, 0.05) is 18.7 Å². The number of hydrogen-bond donors (Lipinski definition) is 0. The molecule has 5 heteroatoms. The summed E-state index contributed by atoms with van der Waals surface area (Å²) in [5.41, 5.74) is 4.63. The monoisotopic (exact) mass is 381 g/mol. The van der Waals surface area contributed by atoms with Crippen molar-refractivity contribution in [3.63, 3.8) is 0 Å². The number of carbonyl (C=O) groups is 1. The highest BCUT2D eigenvalue weighted by molar-refractivity contribution is 6.00. The Morgan fingerprint density at radius 2 is 1.59 bits per heavy atom. The minimum Gasteiger partial charge on any atom is -0.334 e. The first-order valence-electron chi connectivity index (χ1n) is 9.64. The van der Waals surface area contributed by atoms with Crippen LogP contribution in [0.2, 0.25) is 0 Å². The fraction of sp³-hybridized carbons (Fsp3) is 0.125. The maximum absolute atomic E-state index is 13.3. The molecule has 29 heavy (non-hydrogen) atoms. The normalized spacial score (nSPS) is 13.2. The molecular formula is C24H19N3O2. The molecule has 0 fully saturated rings. The molecule has 5 rings (SSSR count). The summed E-state index contributed by atoms with van der Waals surface area (Å²) in [6, 6.07) is 25.4. The van der Waals surface area contributed by atoms with Crippen molar-refractivity contribution in [2.24, 2.45) is 0 Å². The highest BCUT2D eigenvalue weighted by atomic mass is 16.5. The lowest BCUT2D eigenvalue weighted by molar-refractivity contribution is 0.0735. The van der Waals surface area contributed by atoms with Gasteiger partial charge in [-0.15, -0.1) is 0 Å². The van der Waals surface area contributed by atoms with Crippen LogP contribution >= 0.6 is 0 Å². The number of fused-ring (bicyclic) bond motifs is 1. The van der Waals surface area contributed by atoms with Crippen molar-refractivity contribution >= 4 is 5.91 Å². The maximum atomic E-state index is 13.3. The Balaban J connectivity index is 1.46. The van der Waals surface area contributed by atoms with E-state index in [1.165, 1.54) is 11.1 Å². The molecule has 0 bridgehead atoms. The zero-order valence-electron chi connectivity index (χ0n) is 15.8. The lowest BCUT2D eigenvalue weighted by Gasteiger charge is -2.29. The van der Waals surface area contributed by atoms with Gasteiger partial charge in [0.25, 0.3) is 11.8 Å². The van der Waals surface area contributed by atoms with Crippen LogP contribution in [0.5, 0.6) is 0 Å². The lowest BCUT2D eigenvalue weighted by atomic mass is 9.98. The SMILES string of the molecule is O=C(c1ccccc1-c1nc(-c2ccccc2)no1)N1CCc2ccccc2C1. The van der Waals surface area contributed by atoms with Crippen LogP contribution in [0.15, 0.2) is 83.4 Å². The molecule has 0 N–H and O–H groups in total. The molecule has 1 amide bonds. The number of rotatable bonds is 3. The first-order chi connectivity index (χ1) is 14.3. The maximum Gasteiger partial charge on any atom is 0.259 e. The number of aromatic nitrogens is 2. The standard InChI is InChI=1S/C24H19N3O2/c28-24(27-15-14-17-8-4-5-11-19(17)16-27)21-13-7-6-12-20(21)23-25-22(26-29-23)18-9-2-1-3-10-18/h1-13H,14-16H2. The number of hydrogen-bond acceptors (Lipinski definition) is 4. The fourth-order valence-electron chi connectivity index (χ4n) is 3.73. The Kier molecular flexibility index (Phi) is 4.41. The molecule has 1 aliphatic heterocycles. The molecule has 0 atom stereocenters. The Morgan fingerprint density at radius 3 is 2.45 bits per heavy atom. The molecule has 3 aromatic carbocycles. The zero-order chi connectivity index (χ0) is 19.6. The van der Waals surface area contributed by atoms with Gasteiger partial charge in [-0.25, -0.2) is 0 Å². The summed E-state index contributed by atoms with van der Waals surface area (Å²) in [7, 11) is 0. The van der Waals surface area contributed by atoms with Crippen molar-refractivity contribution < 1.29 is 9.32 Å². The summed E-state index contributed by atoms with van der Waals surface area (Å²) in [6.07, 6.45) is 0.864. The molecule has 0 saturated heterocycles. The quantitative estimate of drug-likeness (QED) is 0.520. The predicted octanol–water partition coefficient (Wildman–Crippen LogP) is 4.60. The van der Waals surface area contributed by atoms with Crippen molar-refractivity contribution in [1.29, 1.82) is 0 Å². The molecule has 4 aromatic rings. The second-order valence-electron chi connectivity index (χ2n) is 7.08. The van der Waals surface area contributed by atoms with E-state index < -0.39 is 0 Å². The second-order valence-corrected chi connectivity index (χ2v) is 7.08. The van der Waals surface area contributed by atoms with Crippen molar-refractivity contribution in [1.82, 2.24) is 15.0 Å². The van der Waals surface area contributed by atoms with Gasteiger partial charge in [0.2, 0.25) is 5.82 Å². The number of benzene rings is 3. The Labute approximate surface area is 168 Å². The molecule has 142 valence electrons. The Hall–Kier alpha value is -3.73. The summed E-state index contributed by atoms with van der Waals surface area (Å²) in [6.45, 7) is 1.31. The summed E-state index contributed by atoms with van der Waals surface area (Å²) in [5.74, 6) is 0.842. The van der Waals surface area contributed by atoms with Crippen LogP contribution in [0, 0.1) is 0 Å². The van der Waals surface area contributed by atoms with Crippen molar-refractivity contribution in [3.8, 4) is 22.8 Å². The average molecular weight is 381 g/mol. The number of carbonyl (C=O) groups excluding carboxylic acids is 1. The molecule has 1 aromatic heterocycles. The van der Waals surface area contributed by atoms with E-state index in [4.69, 9.17) is 4.52 Å². The molecule has 5 nitrogen and oxygen atoms in total. The largest absolute Gasteiger partial charge is 0.334 e. The summed E-state index contributed by atoms with van der Waals surface area (Å²) >= 11 is 0. The third-order valence-electron chi connectivity index (χ3n) is 5.26. The van der Waals surface area contributed by atoms with E-state index in [1.54, 1.807) is 0 Å². The first-order valence-corrected chi connectivity index (χ1v) is 9.64. The van der Waals surface area contributed by atoms with E-state index in [2.05, 4.69) is 22.3 Å². The van der Waals surface area contributed by atoms with Crippen LogP contribution in [0.4, 0.5) is 0 Å². The van der Waals surface area contributed by atoms with E-state index in [9.17, 15) is 4.79 Å². The molecule has 0 aliphatic carbocycles. The minimum atomic E-state index is -0.0189. The highest BCUT2D eigenvalue weighted by Gasteiger charge is 2.25. The van der Waals surface area contributed by atoms with Crippen molar-refractivity contribution in [3.05, 3.63) is 95.6 Å². The fourth-order valence-corrected chi connectivity index (χ4v) is 3.73. The summed E-state index contributed by atoms with van der Waals surface area (Å²) in [5, 5.41) is 4.09. The molecule has 0 unspecified atom stereocenters. The minimum absolute atomic E-state index is 0.0189. The van der Waals surface area contributed by atoms with E-state index >= 15 is 0 Å². The lowest BCUT2D eigenvalue weighted by Crippen LogP contribution is -2.36. The molecule has 0 spiro atoms. The van der Waals surface area contributed by atoms with Gasteiger partial charge in [-0.3, -0.25) is 4.79 Å². The Bertz CT molecular complexity index is 1170. The highest BCUT2D eigenvalue weighted by Crippen LogP contribution is 2.28. The van der Waals surface area contributed by atoms with Gasteiger partial charge >= 0.3 is 0 Å². The van der Waals surface area contributed by atoms with E-state index in [0.29, 0.717) is 35.9 Å². The van der Waals surface area contributed by atoms with E-state index in [1.807, 2.05) is 71.6 Å². The van der Waals surface area contributed by atoms with E-state index in [-0.39, 0.29) is 5.91 Å². The first kappa shape index (κ1) is 17.4. The van der Waals surface area contributed by atoms with Gasteiger partial charge in [-0.05, 0) is 29.7 Å². The summed E-state index contributed by atoms with van der Waals surface area (Å²) < 4.78 is 5.51. The topological polar surface area (TPSA) is 59.2 Å². The number of nitrogens with zero attached hydrogens (tertiary/aromatic N) is 3. The zero-order valence-corrected chi connectivity index (χ0v) is 15.8. The van der Waals surface area contributed by atoms with Crippen molar-refractivity contribution in [2.75, 3.05) is 6.54 Å². The van der Waals surface area contributed by atoms with Gasteiger partial charge in [-0.1, -0.05) is 71.9 Å². The van der Waals surface area contributed by atoms with Crippen LogP contribution in [0.1, 0.15) is 21.5 Å². The third kappa shape index (κ3) is 3.31. The van der Waals surface area contributed by atoms with Gasteiger partial charge in [0.15, 0.2) is 0 Å². The molecule has 0 saturated carbocycles. The van der Waals surface area contributed by atoms with Gasteiger partial charge in [0.1, 0.15) is 0 Å². The van der Waals surface area contributed by atoms with Crippen LogP contribution in [-0.4, -0.2) is 27.5 Å². The van der Waals surface area contributed by atoms with E-state index in [0.717, 1.165) is 12.0 Å². The van der Waals surface area contributed by atoms with Crippen LogP contribution in [-0.2, 0) is 13.0 Å². The van der Waals surface area contributed by atoms with Crippen molar-refractivity contribution in [2.45, 2.75) is 13.0 Å². The molecular weight excluding hydrogens is 362 g/mol. The van der Waals surface area contributed by atoms with Crippen LogP contribution in [0.25, 0.3) is 22.8 Å². The summed E-state index contributed by atoms with van der Waals surface area (Å²) in [4.78, 5) is 19.7. The smallest absolute Gasteiger partial charge is 0.259 e. The molecule has 0 radical (unpaired) electrons. The molecule has 1 aliphatic rings. The number of amides is 1. The average Bonchev–Trinajstić information content (AvgIpc) is 3.29. The van der Waals surface area contributed by atoms with Gasteiger partial charge < -0.3 is 9.42 Å². The third-order valence-corrected chi connectivity index (χ3v) is 5.26. The predicted molar refractivity (Wildman–Crippen MR) is 110 cm³/mol. The van der Waals surface area contributed by atoms with Crippen LogP contribution in [0.3, 0.4) is 0 Å². The Morgan fingerprint density at radius 1 is 0.862 bits per heavy atom. The van der Waals surface area contributed by atoms with Gasteiger partial charge in [0.05, 0.1) is 11.1 Å². The second kappa shape index (κ2) is 7.36. The van der Waals surface area contributed by atoms with Crippen LogP contribution < -0.4 is 0 Å². The molecule has 2 heterocycles.